The zero-order chi connectivity index (χ0) is 12.3. The number of aliphatic imine (C=N–C) groups is 1. The molecule has 0 radical (unpaired) electrons. The van der Waals surface area contributed by atoms with E-state index in [0.29, 0.717) is 13.4 Å². The van der Waals surface area contributed by atoms with E-state index in [2.05, 4.69) is 40.6 Å². The lowest BCUT2D eigenvalue weighted by Crippen LogP contribution is -2.22. The van der Waals surface area contributed by atoms with Crippen LogP contribution < -0.4 is 5.32 Å². The number of nitrogens with one attached hydrogen (secondary N) is 1. The van der Waals surface area contributed by atoms with Crippen LogP contribution in [0, 0.1) is 0 Å². The van der Waals surface area contributed by atoms with Gasteiger partial charge in [0, 0.05) is 32.7 Å². The predicted molar refractivity (Wildman–Crippen MR) is 74.6 cm³/mol. The second-order valence-corrected chi connectivity index (χ2v) is 11.2. The van der Waals surface area contributed by atoms with E-state index in [0.717, 1.165) is 18.0 Å². The molecule has 0 aliphatic carbocycles. The van der Waals surface area contributed by atoms with Crippen molar-refractivity contribution < 1.29 is 4.74 Å². The topological polar surface area (TPSA) is 38.5 Å². The molecule has 4 nitrogen and oxygen atoms in total. The van der Waals surface area contributed by atoms with Crippen LogP contribution in [0.5, 0.6) is 0 Å². The van der Waals surface area contributed by atoms with E-state index in [-0.39, 0.29) is 0 Å². The first-order valence-corrected chi connectivity index (χ1v) is 9.77. The third-order valence-corrected chi connectivity index (χ3v) is 4.49. The second kappa shape index (κ2) is 5.06. The molecule has 0 saturated heterocycles. The highest BCUT2D eigenvalue weighted by molar-refractivity contribution is 6.76. The fourth-order valence-electron chi connectivity index (χ4n) is 1.71. The largest absolute Gasteiger partial charge is 0.361 e. The molecule has 0 bridgehead atoms. The molecule has 1 aliphatic heterocycles. The van der Waals surface area contributed by atoms with Crippen molar-refractivity contribution in [2.45, 2.75) is 32.4 Å². The molecule has 0 atom stereocenters. The molecule has 1 aromatic heterocycles. The van der Waals surface area contributed by atoms with Crippen LogP contribution in [-0.2, 0) is 11.5 Å². The van der Waals surface area contributed by atoms with Crippen molar-refractivity contribution in [2.24, 2.45) is 4.99 Å². The van der Waals surface area contributed by atoms with Gasteiger partial charge in [0.05, 0.1) is 0 Å². The molecule has 1 aromatic rings. The maximum atomic E-state index is 5.73. The minimum absolute atomic E-state index is 0.626. The summed E-state index contributed by atoms with van der Waals surface area (Å²) in [6, 6.07) is 3.28. The zero-order valence-corrected chi connectivity index (χ0v) is 11.9. The van der Waals surface area contributed by atoms with Crippen molar-refractivity contribution in [1.82, 2.24) is 4.57 Å². The van der Waals surface area contributed by atoms with E-state index in [1.165, 1.54) is 6.04 Å². The molecule has 1 aliphatic rings. The summed E-state index contributed by atoms with van der Waals surface area (Å²) in [6.07, 6.45) is 3.95. The number of nitrogens with zero attached hydrogens (tertiary/aromatic N) is 2. The van der Waals surface area contributed by atoms with Gasteiger partial charge >= 0.3 is 0 Å². The molecule has 2 rings (SSSR count). The number of aromatic nitrogens is 1. The number of ether oxygens (including phenoxy) is 1. The van der Waals surface area contributed by atoms with Gasteiger partial charge < -0.3 is 14.6 Å². The highest BCUT2D eigenvalue weighted by atomic mass is 28.3. The Bertz CT molecular complexity index is 406. The molecule has 0 unspecified atom stereocenters. The number of hydrogen-bond donors (Lipinski definition) is 1. The Balaban J connectivity index is 1.84. The van der Waals surface area contributed by atoms with Gasteiger partial charge in [-0.2, -0.15) is 0 Å². The summed E-state index contributed by atoms with van der Waals surface area (Å²) in [7, 11) is -0.979. The first-order valence-electron chi connectivity index (χ1n) is 6.07. The second-order valence-electron chi connectivity index (χ2n) is 5.58. The van der Waals surface area contributed by atoms with Crippen LogP contribution in [0.1, 0.15) is 5.56 Å². The molecule has 94 valence electrons. The fourth-order valence-corrected chi connectivity index (χ4v) is 2.47. The molecule has 17 heavy (non-hydrogen) atoms. The molecular weight excluding hydrogens is 230 g/mol. The summed E-state index contributed by atoms with van der Waals surface area (Å²) in [6.45, 7) is 9.24. The van der Waals surface area contributed by atoms with E-state index >= 15 is 0 Å². The lowest BCUT2D eigenvalue weighted by atomic mass is 10.3. The SMILES string of the molecule is C[Si](C)(C)CCOCn1ccc2c1NCN=C2. The Labute approximate surface area is 104 Å². The van der Waals surface area contributed by atoms with Crippen molar-refractivity contribution in [2.75, 3.05) is 18.6 Å². The molecule has 1 N–H and O–H groups in total. The van der Waals surface area contributed by atoms with Crippen molar-refractivity contribution in [3.8, 4) is 0 Å². The van der Waals surface area contributed by atoms with Crippen molar-refractivity contribution in [3.05, 3.63) is 17.8 Å². The van der Waals surface area contributed by atoms with Gasteiger partial charge in [0.15, 0.2) is 0 Å². The third kappa shape index (κ3) is 3.44. The molecule has 0 aromatic carbocycles. The molecule has 2 heterocycles. The van der Waals surface area contributed by atoms with Crippen LogP contribution in [0.3, 0.4) is 0 Å². The summed E-state index contributed by atoms with van der Waals surface area (Å²) >= 11 is 0. The maximum Gasteiger partial charge on any atom is 0.124 e. The molecular formula is C12H21N3OSi. The predicted octanol–water partition coefficient (Wildman–Crippen LogP) is 2.60. The smallest absolute Gasteiger partial charge is 0.124 e. The van der Waals surface area contributed by atoms with Gasteiger partial charge in [0.2, 0.25) is 0 Å². The minimum Gasteiger partial charge on any atom is -0.361 e. The van der Waals surface area contributed by atoms with Gasteiger partial charge in [0.25, 0.3) is 0 Å². The standard InChI is InChI=1S/C12H21N3OSi/c1-17(2,3)7-6-16-10-15-5-4-11-8-13-9-14-12(11)15/h4-5,8,14H,6-7,9-10H2,1-3H3. The van der Waals surface area contributed by atoms with Crippen LogP contribution in [-0.4, -0.2) is 32.1 Å². The van der Waals surface area contributed by atoms with Gasteiger partial charge in [-0.15, -0.1) is 0 Å². The van der Waals surface area contributed by atoms with Crippen molar-refractivity contribution >= 4 is 20.1 Å². The Hall–Kier alpha value is -1.07. The highest BCUT2D eigenvalue weighted by Gasteiger charge is 2.13. The van der Waals surface area contributed by atoms with E-state index in [9.17, 15) is 0 Å². The Kier molecular flexibility index (Phi) is 3.68. The minimum atomic E-state index is -0.979. The molecule has 5 heteroatoms. The molecule has 0 fully saturated rings. The Morgan fingerprint density at radius 1 is 1.47 bits per heavy atom. The lowest BCUT2D eigenvalue weighted by molar-refractivity contribution is 0.0887. The fraction of sp³-hybridized carbons (Fsp3) is 0.583. The summed E-state index contributed by atoms with van der Waals surface area (Å²) < 4.78 is 7.84. The Morgan fingerprint density at radius 2 is 2.29 bits per heavy atom. The van der Waals surface area contributed by atoms with Crippen LogP contribution in [0.2, 0.25) is 25.7 Å². The maximum absolute atomic E-state index is 5.73. The quantitative estimate of drug-likeness (QED) is 0.645. The zero-order valence-electron chi connectivity index (χ0n) is 10.9. The summed E-state index contributed by atoms with van der Waals surface area (Å²) in [5, 5.41) is 3.26. The first kappa shape index (κ1) is 12.4. The van der Waals surface area contributed by atoms with E-state index in [4.69, 9.17) is 4.74 Å². The van der Waals surface area contributed by atoms with Crippen LogP contribution >= 0.6 is 0 Å². The van der Waals surface area contributed by atoms with Gasteiger partial charge in [-0.1, -0.05) is 19.6 Å². The monoisotopic (exact) mass is 251 g/mol. The van der Waals surface area contributed by atoms with Gasteiger partial charge in [-0.25, -0.2) is 0 Å². The van der Waals surface area contributed by atoms with Gasteiger partial charge in [-0.3, -0.25) is 4.99 Å². The number of rotatable bonds is 5. The number of anilines is 1. The van der Waals surface area contributed by atoms with Crippen molar-refractivity contribution in [3.63, 3.8) is 0 Å². The van der Waals surface area contributed by atoms with Crippen molar-refractivity contribution in [1.29, 1.82) is 0 Å². The van der Waals surface area contributed by atoms with E-state index in [1.54, 1.807) is 0 Å². The van der Waals surface area contributed by atoms with Crippen LogP contribution in [0.15, 0.2) is 17.3 Å². The average molecular weight is 251 g/mol. The van der Waals surface area contributed by atoms with E-state index < -0.39 is 8.07 Å². The average Bonchev–Trinajstić information content (AvgIpc) is 2.67. The van der Waals surface area contributed by atoms with E-state index in [1.807, 2.05) is 12.4 Å². The molecule has 0 amide bonds. The number of hydrogen-bond acceptors (Lipinski definition) is 3. The Morgan fingerprint density at radius 3 is 3.06 bits per heavy atom. The van der Waals surface area contributed by atoms with Crippen LogP contribution in [0.4, 0.5) is 5.82 Å². The summed E-state index contributed by atoms with van der Waals surface area (Å²) in [5.74, 6) is 1.12. The number of fused-ring (bicyclic) bond motifs is 1. The first-order chi connectivity index (χ1) is 8.06. The summed E-state index contributed by atoms with van der Waals surface area (Å²) in [4.78, 5) is 4.18. The highest BCUT2D eigenvalue weighted by Crippen LogP contribution is 2.18. The normalized spacial score (nSPS) is 14.5. The third-order valence-electron chi connectivity index (χ3n) is 2.79. The molecule has 0 saturated carbocycles. The van der Waals surface area contributed by atoms with Crippen LogP contribution in [0.25, 0.3) is 0 Å². The van der Waals surface area contributed by atoms with Gasteiger partial charge in [0.1, 0.15) is 19.2 Å². The molecule has 0 spiro atoms. The summed E-state index contributed by atoms with van der Waals surface area (Å²) in [5.41, 5.74) is 1.14. The lowest BCUT2D eigenvalue weighted by Gasteiger charge is -2.17. The van der Waals surface area contributed by atoms with Gasteiger partial charge in [-0.05, 0) is 12.1 Å².